The van der Waals surface area contributed by atoms with Crippen molar-refractivity contribution in [2.75, 3.05) is 36.0 Å². The number of nitrogens with zero attached hydrogens (tertiary/aromatic N) is 4. The molecule has 0 aliphatic carbocycles. The second-order valence-corrected chi connectivity index (χ2v) is 6.83. The standard InChI is InChI=1S/C19H22N4O4/c1-14-4-6-16(22(24)25)18(12-14)20-8-3-9-21(11-10-20)19-13-15(2)5-7-17(19)23(26)27/h4-7,12-13H,3,8-11H2,1-2H3. The van der Waals surface area contributed by atoms with Crippen LogP contribution in [0.3, 0.4) is 0 Å². The Morgan fingerprint density at radius 1 is 0.741 bits per heavy atom. The Labute approximate surface area is 157 Å². The molecule has 1 aliphatic heterocycles. The van der Waals surface area contributed by atoms with E-state index >= 15 is 0 Å². The van der Waals surface area contributed by atoms with Crippen molar-refractivity contribution in [3.63, 3.8) is 0 Å². The Hall–Kier alpha value is -3.16. The van der Waals surface area contributed by atoms with E-state index in [-0.39, 0.29) is 21.2 Å². The third-order valence-corrected chi connectivity index (χ3v) is 4.83. The molecule has 1 aliphatic rings. The van der Waals surface area contributed by atoms with Crippen LogP contribution in [0.2, 0.25) is 0 Å². The molecule has 2 aromatic rings. The predicted molar refractivity (Wildman–Crippen MR) is 105 cm³/mol. The lowest BCUT2D eigenvalue weighted by atomic mass is 10.1. The molecule has 0 bridgehead atoms. The summed E-state index contributed by atoms with van der Waals surface area (Å²) in [6, 6.07) is 10.2. The smallest absolute Gasteiger partial charge is 0.292 e. The molecule has 1 saturated heterocycles. The second-order valence-electron chi connectivity index (χ2n) is 6.83. The lowest BCUT2D eigenvalue weighted by molar-refractivity contribution is -0.384. The summed E-state index contributed by atoms with van der Waals surface area (Å²) in [5.74, 6) is 0. The first-order chi connectivity index (χ1) is 12.9. The summed E-state index contributed by atoms with van der Waals surface area (Å²) in [6.07, 6.45) is 0.760. The van der Waals surface area contributed by atoms with Crippen molar-refractivity contribution in [3.05, 3.63) is 67.8 Å². The van der Waals surface area contributed by atoms with Crippen LogP contribution < -0.4 is 9.80 Å². The average Bonchev–Trinajstić information content (AvgIpc) is 2.87. The van der Waals surface area contributed by atoms with Crippen LogP contribution in [-0.4, -0.2) is 36.0 Å². The molecular formula is C19H22N4O4. The highest BCUT2D eigenvalue weighted by atomic mass is 16.6. The van der Waals surface area contributed by atoms with Gasteiger partial charge in [0.25, 0.3) is 11.4 Å². The van der Waals surface area contributed by atoms with Gasteiger partial charge in [-0.1, -0.05) is 12.1 Å². The van der Waals surface area contributed by atoms with Crippen LogP contribution in [0.15, 0.2) is 36.4 Å². The van der Waals surface area contributed by atoms with Crippen molar-refractivity contribution in [3.8, 4) is 0 Å². The van der Waals surface area contributed by atoms with Crippen molar-refractivity contribution in [2.24, 2.45) is 0 Å². The Bertz CT molecular complexity index is 813. The van der Waals surface area contributed by atoms with Gasteiger partial charge in [0.05, 0.1) is 9.85 Å². The van der Waals surface area contributed by atoms with Gasteiger partial charge in [-0.15, -0.1) is 0 Å². The van der Waals surface area contributed by atoms with Gasteiger partial charge in [0.2, 0.25) is 0 Å². The van der Waals surface area contributed by atoms with Crippen molar-refractivity contribution in [1.82, 2.24) is 0 Å². The SMILES string of the molecule is Cc1ccc([N+](=O)[O-])c(N2CCCN(c3cc(C)ccc3[N+](=O)[O-])CC2)c1. The molecule has 0 unspecified atom stereocenters. The summed E-state index contributed by atoms with van der Waals surface area (Å²) in [5, 5.41) is 22.8. The van der Waals surface area contributed by atoms with Crippen molar-refractivity contribution in [2.45, 2.75) is 20.3 Å². The quantitative estimate of drug-likeness (QED) is 0.600. The van der Waals surface area contributed by atoms with Gasteiger partial charge in [0.15, 0.2) is 0 Å². The average molecular weight is 370 g/mol. The normalized spacial score (nSPS) is 14.7. The van der Waals surface area contributed by atoms with E-state index in [4.69, 9.17) is 0 Å². The van der Waals surface area contributed by atoms with Crippen LogP contribution in [0.4, 0.5) is 22.7 Å². The van der Waals surface area contributed by atoms with E-state index < -0.39 is 0 Å². The van der Waals surface area contributed by atoms with Crippen LogP contribution in [0.25, 0.3) is 0 Å². The molecule has 2 aromatic carbocycles. The molecule has 8 nitrogen and oxygen atoms in total. The van der Waals surface area contributed by atoms with E-state index in [1.165, 1.54) is 0 Å². The van der Waals surface area contributed by atoms with Gasteiger partial charge in [0.1, 0.15) is 11.4 Å². The monoisotopic (exact) mass is 370 g/mol. The Balaban J connectivity index is 1.87. The molecule has 0 atom stereocenters. The maximum Gasteiger partial charge on any atom is 0.292 e. The minimum atomic E-state index is -0.358. The zero-order valence-electron chi connectivity index (χ0n) is 15.4. The molecule has 0 radical (unpaired) electrons. The molecule has 0 amide bonds. The summed E-state index contributed by atoms with van der Waals surface area (Å²) in [7, 11) is 0. The minimum absolute atomic E-state index is 0.0931. The molecule has 0 aromatic heterocycles. The van der Waals surface area contributed by atoms with Crippen molar-refractivity contribution in [1.29, 1.82) is 0 Å². The molecule has 8 heteroatoms. The zero-order valence-corrected chi connectivity index (χ0v) is 15.4. The molecule has 27 heavy (non-hydrogen) atoms. The van der Waals surface area contributed by atoms with Crippen LogP contribution in [-0.2, 0) is 0 Å². The largest absolute Gasteiger partial charge is 0.364 e. The van der Waals surface area contributed by atoms with Gasteiger partial charge >= 0.3 is 0 Å². The summed E-state index contributed by atoms with van der Waals surface area (Å²) in [6.45, 7) is 6.28. The number of benzene rings is 2. The Morgan fingerprint density at radius 3 is 1.52 bits per heavy atom. The van der Waals surface area contributed by atoms with Gasteiger partial charge in [-0.2, -0.15) is 0 Å². The van der Waals surface area contributed by atoms with E-state index in [1.54, 1.807) is 24.3 Å². The van der Waals surface area contributed by atoms with Gasteiger partial charge in [-0.25, -0.2) is 0 Å². The Morgan fingerprint density at radius 2 is 1.15 bits per heavy atom. The lowest BCUT2D eigenvalue weighted by Gasteiger charge is -2.25. The number of aryl methyl sites for hydroxylation is 2. The van der Waals surface area contributed by atoms with Crippen LogP contribution in [0, 0.1) is 34.1 Å². The number of hydrogen-bond acceptors (Lipinski definition) is 6. The predicted octanol–water partition coefficient (Wildman–Crippen LogP) is 3.84. The fraction of sp³-hybridized carbons (Fsp3) is 0.368. The number of nitro benzene ring substituents is 2. The van der Waals surface area contributed by atoms with E-state index in [0.29, 0.717) is 37.6 Å². The van der Waals surface area contributed by atoms with Crippen molar-refractivity contribution >= 4 is 22.7 Å². The number of nitro groups is 2. The first kappa shape index (κ1) is 18.6. The summed E-state index contributed by atoms with van der Waals surface area (Å²) < 4.78 is 0. The number of anilines is 2. The molecule has 0 N–H and O–H groups in total. The zero-order chi connectivity index (χ0) is 19.6. The van der Waals surface area contributed by atoms with E-state index in [2.05, 4.69) is 0 Å². The molecular weight excluding hydrogens is 348 g/mol. The van der Waals surface area contributed by atoms with E-state index in [1.807, 2.05) is 35.8 Å². The van der Waals surface area contributed by atoms with Gasteiger partial charge < -0.3 is 9.80 Å². The topological polar surface area (TPSA) is 92.8 Å². The van der Waals surface area contributed by atoms with Gasteiger partial charge in [0, 0.05) is 38.3 Å². The van der Waals surface area contributed by atoms with Gasteiger partial charge in [-0.05, 0) is 43.5 Å². The molecule has 3 rings (SSSR count). The lowest BCUT2D eigenvalue weighted by Crippen LogP contribution is -2.31. The third kappa shape index (κ3) is 3.99. The summed E-state index contributed by atoms with van der Waals surface area (Å²) >= 11 is 0. The highest BCUT2D eigenvalue weighted by molar-refractivity contribution is 5.67. The van der Waals surface area contributed by atoms with Crippen LogP contribution >= 0.6 is 0 Å². The molecule has 1 heterocycles. The molecule has 1 fully saturated rings. The Kier molecular flexibility index (Phi) is 5.25. The first-order valence-corrected chi connectivity index (χ1v) is 8.87. The molecule has 0 saturated carbocycles. The second kappa shape index (κ2) is 7.61. The number of hydrogen-bond donors (Lipinski definition) is 0. The third-order valence-electron chi connectivity index (χ3n) is 4.83. The maximum atomic E-state index is 11.4. The minimum Gasteiger partial charge on any atom is -0.364 e. The maximum absolute atomic E-state index is 11.4. The van der Waals surface area contributed by atoms with E-state index in [9.17, 15) is 20.2 Å². The van der Waals surface area contributed by atoms with Gasteiger partial charge in [-0.3, -0.25) is 20.2 Å². The van der Waals surface area contributed by atoms with Crippen molar-refractivity contribution < 1.29 is 9.85 Å². The number of rotatable bonds is 4. The molecule has 0 spiro atoms. The highest BCUT2D eigenvalue weighted by Gasteiger charge is 2.25. The first-order valence-electron chi connectivity index (χ1n) is 8.87. The van der Waals surface area contributed by atoms with Crippen LogP contribution in [0.1, 0.15) is 17.5 Å². The highest BCUT2D eigenvalue weighted by Crippen LogP contribution is 2.33. The molecule has 142 valence electrons. The van der Waals surface area contributed by atoms with E-state index in [0.717, 1.165) is 17.5 Å². The van der Waals surface area contributed by atoms with Crippen LogP contribution in [0.5, 0.6) is 0 Å². The fourth-order valence-electron chi connectivity index (χ4n) is 3.48. The summed E-state index contributed by atoms with van der Waals surface area (Å²) in [4.78, 5) is 26.1. The fourth-order valence-corrected chi connectivity index (χ4v) is 3.48. The summed E-state index contributed by atoms with van der Waals surface area (Å²) in [5.41, 5.74) is 3.34.